The Bertz CT molecular complexity index is 1130. The molecule has 0 aliphatic carbocycles. The van der Waals surface area contributed by atoms with Crippen LogP contribution in [0.3, 0.4) is 0 Å². The zero-order chi connectivity index (χ0) is 24.0. The van der Waals surface area contributed by atoms with Crippen molar-refractivity contribution in [3.05, 3.63) is 62.3 Å². The number of Topliss-reactive ketones (excluding diaryl/α,β-unsaturated/α-hetero) is 1. The molecule has 2 rings (SSSR count). The SMILES string of the molecule is CC(C)Cn1c(N)c(C(=O)COC(=O)/C=C/c2ccc(OC(F)F)cc2)c(=O)n(C)c1=O. The van der Waals surface area contributed by atoms with E-state index in [9.17, 15) is 28.0 Å². The molecule has 0 radical (unpaired) electrons. The van der Waals surface area contributed by atoms with Crippen LogP contribution in [0.4, 0.5) is 14.6 Å². The van der Waals surface area contributed by atoms with Crippen LogP contribution < -0.4 is 21.7 Å². The van der Waals surface area contributed by atoms with Crippen molar-refractivity contribution in [1.82, 2.24) is 9.13 Å². The number of alkyl halides is 2. The number of hydrogen-bond donors (Lipinski definition) is 1. The molecule has 2 aromatic rings. The second-order valence-corrected chi connectivity index (χ2v) is 7.22. The van der Waals surface area contributed by atoms with Gasteiger partial charge in [0.05, 0.1) is 0 Å². The number of nitrogens with two attached hydrogens (primary N) is 1. The molecular weight excluding hydrogens is 428 g/mol. The average molecular weight is 451 g/mol. The molecule has 0 bridgehead atoms. The number of anilines is 1. The molecule has 0 aliphatic rings. The van der Waals surface area contributed by atoms with Crippen molar-refractivity contribution in [2.45, 2.75) is 27.0 Å². The van der Waals surface area contributed by atoms with Crippen LogP contribution in [0.5, 0.6) is 5.75 Å². The van der Waals surface area contributed by atoms with Crippen LogP contribution in [0.1, 0.15) is 29.8 Å². The predicted molar refractivity (Wildman–Crippen MR) is 113 cm³/mol. The average Bonchev–Trinajstić information content (AvgIpc) is 2.73. The van der Waals surface area contributed by atoms with Gasteiger partial charge in [0.1, 0.15) is 17.1 Å². The fourth-order valence-corrected chi connectivity index (χ4v) is 2.77. The van der Waals surface area contributed by atoms with E-state index in [0.717, 1.165) is 15.2 Å². The van der Waals surface area contributed by atoms with Crippen LogP contribution in [-0.2, 0) is 23.1 Å². The highest BCUT2D eigenvalue weighted by Gasteiger charge is 2.22. The first-order valence-corrected chi connectivity index (χ1v) is 9.53. The number of esters is 1. The minimum atomic E-state index is -2.94. The van der Waals surface area contributed by atoms with Gasteiger partial charge in [0, 0.05) is 19.7 Å². The molecule has 0 amide bonds. The fourth-order valence-electron chi connectivity index (χ4n) is 2.77. The zero-order valence-corrected chi connectivity index (χ0v) is 17.7. The lowest BCUT2D eigenvalue weighted by Gasteiger charge is -2.16. The highest BCUT2D eigenvalue weighted by molar-refractivity contribution is 6.01. The smallest absolute Gasteiger partial charge is 0.387 e. The number of aromatic nitrogens is 2. The van der Waals surface area contributed by atoms with Gasteiger partial charge < -0.3 is 15.2 Å². The molecule has 0 aliphatic heterocycles. The van der Waals surface area contributed by atoms with E-state index in [-0.39, 0.29) is 24.0 Å². The maximum Gasteiger partial charge on any atom is 0.387 e. The Morgan fingerprint density at radius 2 is 1.78 bits per heavy atom. The lowest BCUT2D eigenvalue weighted by Crippen LogP contribution is -2.43. The number of ketones is 1. The van der Waals surface area contributed by atoms with Crippen molar-refractivity contribution in [3.8, 4) is 5.75 Å². The normalized spacial score (nSPS) is 11.3. The molecule has 11 heteroatoms. The van der Waals surface area contributed by atoms with Gasteiger partial charge in [-0.3, -0.25) is 18.7 Å². The second-order valence-electron chi connectivity index (χ2n) is 7.22. The summed E-state index contributed by atoms with van der Waals surface area (Å²) in [4.78, 5) is 49.1. The fraction of sp³-hybridized carbons (Fsp3) is 0.333. The zero-order valence-electron chi connectivity index (χ0n) is 17.7. The van der Waals surface area contributed by atoms with Gasteiger partial charge >= 0.3 is 18.3 Å². The van der Waals surface area contributed by atoms with E-state index in [0.29, 0.717) is 5.56 Å². The number of halogens is 2. The van der Waals surface area contributed by atoms with Crippen LogP contribution >= 0.6 is 0 Å². The molecule has 0 atom stereocenters. The van der Waals surface area contributed by atoms with E-state index in [1.165, 1.54) is 37.4 Å². The second kappa shape index (κ2) is 10.5. The summed E-state index contributed by atoms with van der Waals surface area (Å²) in [6.45, 7) is 0.170. The highest BCUT2D eigenvalue weighted by atomic mass is 19.3. The van der Waals surface area contributed by atoms with E-state index in [4.69, 9.17) is 10.5 Å². The molecule has 0 saturated heterocycles. The van der Waals surface area contributed by atoms with Crippen molar-refractivity contribution in [3.63, 3.8) is 0 Å². The van der Waals surface area contributed by atoms with Gasteiger partial charge in [-0.2, -0.15) is 8.78 Å². The molecule has 172 valence electrons. The Labute approximate surface area is 181 Å². The first-order valence-electron chi connectivity index (χ1n) is 9.53. The standard InChI is InChI=1S/C21H23F2N3O6/c1-12(2)10-26-18(24)17(19(29)25(3)21(26)30)15(27)11-31-16(28)9-6-13-4-7-14(8-5-13)32-20(22)23/h4-9,12,20H,10-11,24H2,1-3H3/b9-6+. The Morgan fingerprint density at radius 3 is 2.34 bits per heavy atom. The number of nitrogen functional groups attached to an aromatic ring is 1. The molecule has 2 N–H and O–H groups in total. The monoisotopic (exact) mass is 451 g/mol. The van der Waals surface area contributed by atoms with Gasteiger partial charge in [-0.25, -0.2) is 9.59 Å². The summed E-state index contributed by atoms with van der Waals surface area (Å²) < 4.78 is 35.3. The first kappa shape index (κ1) is 24.5. The number of rotatable bonds is 9. The van der Waals surface area contributed by atoms with E-state index in [1.807, 2.05) is 13.8 Å². The van der Waals surface area contributed by atoms with Gasteiger partial charge in [-0.05, 0) is 29.7 Å². The molecule has 1 heterocycles. The number of nitrogens with zero attached hydrogens (tertiary/aromatic N) is 2. The van der Waals surface area contributed by atoms with Crippen LogP contribution in [-0.4, -0.2) is 34.1 Å². The van der Waals surface area contributed by atoms with Crippen molar-refractivity contribution < 1.29 is 27.8 Å². The lowest BCUT2D eigenvalue weighted by molar-refractivity contribution is -0.136. The van der Waals surface area contributed by atoms with Crippen LogP contribution in [0, 0.1) is 5.92 Å². The molecule has 0 unspecified atom stereocenters. The summed E-state index contributed by atoms with van der Waals surface area (Å²) in [6.07, 6.45) is 2.37. The molecule has 9 nitrogen and oxygen atoms in total. The Balaban J connectivity index is 2.09. The van der Waals surface area contributed by atoms with Gasteiger partial charge in [0.25, 0.3) is 5.56 Å². The van der Waals surface area contributed by atoms with Crippen molar-refractivity contribution in [2.24, 2.45) is 13.0 Å². The summed E-state index contributed by atoms with van der Waals surface area (Å²) in [5, 5.41) is 0. The first-order chi connectivity index (χ1) is 15.0. The van der Waals surface area contributed by atoms with Crippen LogP contribution in [0.25, 0.3) is 6.08 Å². The Morgan fingerprint density at radius 1 is 1.16 bits per heavy atom. The minimum Gasteiger partial charge on any atom is -0.454 e. The van der Waals surface area contributed by atoms with E-state index in [1.54, 1.807) is 0 Å². The quantitative estimate of drug-likeness (QED) is 0.351. The number of benzene rings is 1. The molecule has 1 aromatic heterocycles. The van der Waals surface area contributed by atoms with Gasteiger partial charge in [0.2, 0.25) is 5.78 Å². The minimum absolute atomic E-state index is 0.0226. The number of carbonyl (C=O) groups is 2. The van der Waals surface area contributed by atoms with Crippen molar-refractivity contribution in [1.29, 1.82) is 0 Å². The molecule has 0 spiro atoms. The van der Waals surface area contributed by atoms with Crippen LogP contribution in [0.2, 0.25) is 0 Å². The topological polar surface area (TPSA) is 123 Å². The molecule has 1 aromatic carbocycles. The molecule has 0 saturated carbocycles. The van der Waals surface area contributed by atoms with Crippen molar-refractivity contribution >= 4 is 23.6 Å². The van der Waals surface area contributed by atoms with Gasteiger partial charge in [-0.1, -0.05) is 26.0 Å². The van der Waals surface area contributed by atoms with Gasteiger partial charge in [0.15, 0.2) is 6.61 Å². The van der Waals surface area contributed by atoms with E-state index in [2.05, 4.69) is 4.74 Å². The highest BCUT2D eigenvalue weighted by Crippen LogP contribution is 2.15. The van der Waals surface area contributed by atoms with E-state index >= 15 is 0 Å². The third-order valence-corrected chi connectivity index (χ3v) is 4.27. The van der Waals surface area contributed by atoms with Crippen LogP contribution in [0.15, 0.2) is 39.9 Å². The molecule has 0 fully saturated rings. The molecule has 32 heavy (non-hydrogen) atoms. The summed E-state index contributed by atoms with van der Waals surface area (Å²) in [6, 6.07) is 5.47. The summed E-state index contributed by atoms with van der Waals surface area (Å²) in [7, 11) is 1.23. The number of carbonyl (C=O) groups excluding carboxylic acids is 2. The third kappa shape index (κ3) is 6.13. The summed E-state index contributed by atoms with van der Waals surface area (Å²) in [5.74, 6) is -2.03. The number of ether oxygens (including phenoxy) is 2. The Hall–Kier alpha value is -3.76. The van der Waals surface area contributed by atoms with Gasteiger partial charge in [-0.15, -0.1) is 0 Å². The van der Waals surface area contributed by atoms with E-state index < -0.39 is 41.8 Å². The maximum atomic E-state index is 12.5. The lowest BCUT2D eigenvalue weighted by atomic mass is 10.1. The number of hydrogen-bond acceptors (Lipinski definition) is 7. The third-order valence-electron chi connectivity index (χ3n) is 4.27. The maximum absolute atomic E-state index is 12.5. The summed E-state index contributed by atoms with van der Waals surface area (Å²) >= 11 is 0. The molecular formula is C21H23F2N3O6. The largest absolute Gasteiger partial charge is 0.454 e. The Kier molecular flexibility index (Phi) is 8.05. The van der Waals surface area contributed by atoms with Crippen molar-refractivity contribution in [2.75, 3.05) is 12.3 Å². The summed E-state index contributed by atoms with van der Waals surface area (Å²) in [5.41, 5.74) is 4.44. The predicted octanol–water partition coefficient (Wildman–Crippen LogP) is 1.83.